The first-order valence-corrected chi connectivity index (χ1v) is 6.04. The second-order valence-electron chi connectivity index (χ2n) is 4.36. The predicted molar refractivity (Wildman–Crippen MR) is 70.8 cm³/mol. The van der Waals surface area contributed by atoms with E-state index in [2.05, 4.69) is 5.32 Å². The fourth-order valence-corrected chi connectivity index (χ4v) is 1.44. The van der Waals surface area contributed by atoms with Crippen LogP contribution in [0.2, 0.25) is 0 Å². The van der Waals surface area contributed by atoms with Crippen molar-refractivity contribution in [3.8, 4) is 5.75 Å². The van der Waals surface area contributed by atoms with E-state index in [4.69, 9.17) is 15.6 Å². The number of ether oxygens (including phenoxy) is 1. The van der Waals surface area contributed by atoms with Gasteiger partial charge in [-0.05, 0) is 24.6 Å². The van der Waals surface area contributed by atoms with Crippen LogP contribution in [0.3, 0.4) is 0 Å². The average molecular weight is 268 g/mol. The molecule has 0 saturated carbocycles. The summed E-state index contributed by atoms with van der Waals surface area (Å²) < 4.78 is 5.41. The summed E-state index contributed by atoms with van der Waals surface area (Å²) >= 11 is 0. The van der Waals surface area contributed by atoms with E-state index in [-0.39, 0.29) is 19.7 Å². The fraction of sp³-hybridized carbons (Fsp3) is 0.462. The molecule has 1 aromatic carbocycles. The summed E-state index contributed by atoms with van der Waals surface area (Å²) in [7, 11) is 0. The van der Waals surface area contributed by atoms with Crippen molar-refractivity contribution in [3.63, 3.8) is 0 Å². The SMILES string of the molecule is Cc1cccc(OCC(O)CNCC(O)C(N)=O)c1. The Bertz CT molecular complexity index is 411. The summed E-state index contributed by atoms with van der Waals surface area (Å²) in [4.78, 5) is 10.6. The maximum absolute atomic E-state index is 10.6. The van der Waals surface area contributed by atoms with Crippen molar-refractivity contribution in [3.05, 3.63) is 29.8 Å². The lowest BCUT2D eigenvalue weighted by atomic mass is 10.2. The van der Waals surface area contributed by atoms with Crippen LogP contribution in [0.5, 0.6) is 5.75 Å². The number of aryl methyl sites for hydroxylation is 1. The number of benzene rings is 1. The van der Waals surface area contributed by atoms with E-state index in [1.54, 1.807) is 0 Å². The van der Waals surface area contributed by atoms with Gasteiger partial charge in [-0.1, -0.05) is 12.1 Å². The standard InChI is InChI=1S/C13H20N2O4/c1-9-3-2-4-11(5-9)19-8-10(16)6-15-7-12(17)13(14)18/h2-5,10,12,15-17H,6-8H2,1H3,(H2,14,18). The normalized spacial score (nSPS) is 13.8. The molecule has 1 amide bonds. The van der Waals surface area contributed by atoms with Crippen molar-refractivity contribution in [2.75, 3.05) is 19.7 Å². The third-order valence-corrected chi connectivity index (χ3v) is 2.48. The van der Waals surface area contributed by atoms with Gasteiger partial charge < -0.3 is 26.0 Å². The van der Waals surface area contributed by atoms with Crippen LogP contribution in [-0.2, 0) is 4.79 Å². The minimum Gasteiger partial charge on any atom is -0.491 e. The zero-order chi connectivity index (χ0) is 14.3. The number of hydrogen-bond acceptors (Lipinski definition) is 5. The van der Waals surface area contributed by atoms with E-state index in [1.165, 1.54) is 0 Å². The first-order valence-electron chi connectivity index (χ1n) is 6.04. The van der Waals surface area contributed by atoms with Crippen molar-refractivity contribution in [1.82, 2.24) is 5.32 Å². The Kier molecular flexibility index (Phi) is 6.27. The molecule has 0 fully saturated rings. The summed E-state index contributed by atoms with van der Waals surface area (Å²) in [5, 5.41) is 21.5. The second kappa shape index (κ2) is 7.73. The molecule has 6 nitrogen and oxygen atoms in total. The minimum absolute atomic E-state index is 0.0108. The Balaban J connectivity index is 2.21. The van der Waals surface area contributed by atoms with Gasteiger partial charge in [-0.2, -0.15) is 0 Å². The fourth-order valence-electron chi connectivity index (χ4n) is 1.44. The first kappa shape index (κ1) is 15.4. The summed E-state index contributed by atoms with van der Waals surface area (Å²) in [5.74, 6) is -0.103. The van der Waals surface area contributed by atoms with Crippen molar-refractivity contribution in [2.24, 2.45) is 5.73 Å². The highest BCUT2D eigenvalue weighted by Crippen LogP contribution is 2.12. The van der Waals surface area contributed by atoms with Gasteiger partial charge in [0.2, 0.25) is 5.91 Å². The van der Waals surface area contributed by atoms with Crippen LogP contribution in [0.1, 0.15) is 5.56 Å². The lowest BCUT2D eigenvalue weighted by molar-refractivity contribution is -0.125. The van der Waals surface area contributed by atoms with Crippen LogP contribution in [0.25, 0.3) is 0 Å². The molecule has 6 heteroatoms. The Morgan fingerprint density at radius 3 is 2.79 bits per heavy atom. The van der Waals surface area contributed by atoms with Gasteiger partial charge in [0.15, 0.2) is 0 Å². The number of carbonyl (C=O) groups is 1. The predicted octanol–water partition coefficient (Wildman–Crippen LogP) is -0.829. The van der Waals surface area contributed by atoms with Gasteiger partial charge in [0.25, 0.3) is 0 Å². The molecule has 0 spiro atoms. The Hall–Kier alpha value is -1.63. The molecule has 1 aromatic rings. The molecule has 5 N–H and O–H groups in total. The van der Waals surface area contributed by atoms with E-state index < -0.39 is 18.1 Å². The molecule has 0 radical (unpaired) electrons. The van der Waals surface area contributed by atoms with Gasteiger partial charge in [0.05, 0.1) is 0 Å². The third-order valence-electron chi connectivity index (χ3n) is 2.48. The average Bonchev–Trinajstić information content (AvgIpc) is 2.36. The number of hydrogen-bond donors (Lipinski definition) is 4. The topological polar surface area (TPSA) is 105 Å². The summed E-state index contributed by atoms with van der Waals surface area (Å²) in [6.07, 6.45) is -1.98. The lowest BCUT2D eigenvalue weighted by Crippen LogP contribution is -2.41. The third kappa shape index (κ3) is 6.19. The molecule has 19 heavy (non-hydrogen) atoms. The van der Waals surface area contributed by atoms with Crippen LogP contribution in [0.4, 0.5) is 0 Å². The Labute approximate surface area is 112 Å². The summed E-state index contributed by atoms with van der Waals surface area (Å²) in [6, 6.07) is 7.51. The van der Waals surface area contributed by atoms with Crippen LogP contribution < -0.4 is 15.8 Å². The molecule has 0 aliphatic carbocycles. The molecule has 2 unspecified atom stereocenters. The van der Waals surface area contributed by atoms with E-state index in [0.717, 1.165) is 5.56 Å². The van der Waals surface area contributed by atoms with Gasteiger partial charge in [-0.3, -0.25) is 4.79 Å². The first-order chi connectivity index (χ1) is 8.99. The quantitative estimate of drug-likeness (QED) is 0.492. The number of aliphatic hydroxyl groups excluding tert-OH is 2. The maximum Gasteiger partial charge on any atom is 0.247 e. The molecular weight excluding hydrogens is 248 g/mol. The molecular formula is C13H20N2O4. The molecule has 0 aliphatic heterocycles. The van der Waals surface area contributed by atoms with Crippen molar-refractivity contribution < 1.29 is 19.7 Å². The Morgan fingerprint density at radius 1 is 1.42 bits per heavy atom. The minimum atomic E-state index is -1.25. The van der Waals surface area contributed by atoms with E-state index in [0.29, 0.717) is 5.75 Å². The van der Waals surface area contributed by atoms with Crippen LogP contribution >= 0.6 is 0 Å². The van der Waals surface area contributed by atoms with Gasteiger partial charge in [-0.15, -0.1) is 0 Å². The highest BCUT2D eigenvalue weighted by atomic mass is 16.5. The van der Waals surface area contributed by atoms with Crippen LogP contribution in [0.15, 0.2) is 24.3 Å². The van der Waals surface area contributed by atoms with Crippen LogP contribution in [-0.4, -0.2) is 48.0 Å². The van der Waals surface area contributed by atoms with Crippen molar-refractivity contribution >= 4 is 5.91 Å². The Morgan fingerprint density at radius 2 is 2.16 bits per heavy atom. The zero-order valence-electron chi connectivity index (χ0n) is 10.9. The summed E-state index contributed by atoms with van der Waals surface area (Å²) in [6.45, 7) is 2.30. The van der Waals surface area contributed by atoms with Gasteiger partial charge in [0.1, 0.15) is 24.6 Å². The van der Waals surface area contributed by atoms with E-state index in [9.17, 15) is 9.90 Å². The highest BCUT2D eigenvalue weighted by molar-refractivity contribution is 5.78. The van der Waals surface area contributed by atoms with E-state index >= 15 is 0 Å². The molecule has 0 aromatic heterocycles. The zero-order valence-corrected chi connectivity index (χ0v) is 10.9. The number of amides is 1. The molecule has 2 atom stereocenters. The number of rotatable bonds is 8. The molecule has 106 valence electrons. The summed E-state index contributed by atoms with van der Waals surface area (Å²) in [5.41, 5.74) is 5.96. The smallest absolute Gasteiger partial charge is 0.247 e. The number of nitrogens with one attached hydrogen (secondary N) is 1. The maximum atomic E-state index is 10.6. The number of nitrogens with two attached hydrogens (primary N) is 1. The molecule has 0 heterocycles. The van der Waals surface area contributed by atoms with Crippen molar-refractivity contribution in [1.29, 1.82) is 0 Å². The lowest BCUT2D eigenvalue weighted by Gasteiger charge is -2.14. The molecule has 0 bridgehead atoms. The van der Waals surface area contributed by atoms with Crippen molar-refractivity contribution in [2.45, 2.75) is 19.1 Å². The molecule has 1 rings (SSSR count). The van der Waals surface area contributed by atoms with E-state index in [1.807, 2.05) is 31.2 Å². The highest BCUT2D eigenvalue weighted by Gasteiger charge is 2.11. The molecule has 0 aliphatic rings. The number of aliphatic hydroxyl groups is 2. The molecule has 0 saturated heterocycles. The number of primary amides is 1. The monoisotopic (exact) mass is 268 g/mol. The van der Waals surface area contributed by atoms with Crippen LogP contribution in [0, 0.1) is 6.92 Å². The second-order valence-corrected chi connectivity index (χ2v) is 4.36. The van der Waals surface area contributed by atoms with Gasteiger partial charge >= 0.3 is 0 Å². The number of carbonyl (C=O) groups excluding carboxylic acids is 1. The van der Waals surface area contributed by atoms with Gasteiger partial charge in [0, 0.05) is 13.1 Å². The van der Waals surface area contributed by atoms with Gasteiger partial charge in [-0.25, -0.2) is 0 Å². The largest absolute Gasteiger partial charge is 0.491 e.